The van der Waals surface area contributed by atoms with Gasteiger partial charge in [0, 0.05) is 25.4 Å². The Labute approximate surface area is 91.5 Å². The Morgan fingerprint density at radius 1 is 1.27 bits per heavy atom. The largest absolute Gasteiger partial charge is 0.396 e. The van der Waals surface area contributed by atoms with Gasteiger partial charge in [-0.15, -0.1) is 0 Å². The molecule has 0 saturated carbocycles. The number of rotatable bonds is 2. The van der Waals surface area contributed by atoms with Crippen molar-refractivity contribution in [2.75, 3.05) is 24.6 Å². The van der Waals surface area contributed by atoms with Gasteiger partial charge in [-0.1, -0.05) is 25.1 Å². The summed E-state index contributed by atoms with van der Waals surface area (Å²) in [6.07, 6.45) is 1.15. The van der Waals surface area contributed by atoms with Crippen molar-refractivity contribution < 1.29 is 5.11 Å². The van der Waals surface area contributed by atoms with E-state index < -0.39 is 0 Å². The van der Waals surface area contributed by atoms with Gasteiger partial charge in [0.15, 0.2) is 0 Å². The average molecular weight is 205 g/mol. The lowest BCUT2D eigenvalue weighted by Crippen LogP contribution is -2.40. The number of hydrogen-bond donors (Lipinski definition) is 1. The Morgan fingerprint density at radius 2 is 2.00 bits per heavy atom. The normalized spacial score (nSPS) is 26.7. The minimum Gasteiger partial charge on any atom is -0.396 e. The molecule has 2 nitrogen and oxygen atoms in total. The lowest BCUT2D eigenvalue weighted by Gasteiger charge is -2.37. The van der Waals surface area contributed by atoms with Crippen molar-refractivity contribution >= 4 is 5.69 Å². The Morgan fingerprint density at radius 3 is 2.67 bits per heavy atom. The van der Waals surface area contributed by atoms with Crippen molar-refractivity contribution in [1.29, 1.82) is 0 Å². The Hall–Kier alpha value is -1.02. The van der Waals surface area contributed by atoms with E-state index in [1.165, 1.54) is 5.69 Å². The third-order valence-corrected chi connectivity index (χ3v) is 3.13. The molecule has 0 amide bonds. The van der Waals surface area contributed by atoms with Crippen LogP contribution in [0.3, 0.4) is 0 Å². The quantitative estimate of drug-likeness (QED) is 0.799. The number of piperidine rings is 1. The topological polar surface area (TPSA) is 23.5 Å². The molecule has 0 bridgehead atoms. The monoisotopic (exact) mass is 205 g/mol. The molecule has 0 spiro atoms. The standard InChI is InChI=1S/C13H19NO/c1-11-7-12(10-15)9-14(8-11)13-5-3-2-4-6-13/h2-6,11-12,15H,7-10H2,1H3/t11-,12-/m0/s1. The number of aliphatic hydroxyl groups excluding tert-OH is 1. The van der Waals surface area contributed by atoms with E-state index >= 15 is 0 Å². The molecule has 82 valence electrons. The number of nitrogens with zero attached hydrogens (tertiary/aromatic N) is 1. The highest BCUT2D eigenvalue weighted by Crippen LogP contribution is 2.25. The molecule has 2 heteroatoms. The number of hydrogen-bond acceptors (Lipinski definition) is 2. The maximum Gasteiger partial charge on any atom is 0.0476 e. The van der Waals surface area contributed by atoms with Gasteiger partial charge in [0.05, 0.1) is 0 Å². The molecular weight excluding hydrogens is 186 g/mol. The molecule has 1 fully saturated rings. The minimum absolute atomic E-state index is 0.313. The van der Waals surface area contributed by atoms with Gasteiger partial charge in [0.2, 0.25) is 0 Å². The molecule has 1 aliphatic heterocycles. The average Bonchev–Trinajstić information content (AvgIpc) is 2.29. The lowest BCUT2D eigenvalue weighted by atomic mass is 9.91. The van der Waals surface area contributed by atoms with Gasteiger partial charge in [-0.3, -0.25) is 0 Å². The van der Waals surface area contributed by atoms with Gasteiger partial charge in [-0.2, -0.15) is 0 Å². The second-order valence-corrected chi connectivity index (χ2v) is 4.63. The summed E-state index contributed by atoms with van der Waals surface area (Å²) in [5, 5.41) is 9.25. The highest BCUT2D eigenvalue weighted by atomic mass is 16.3. The first-order chi connectivity index (χ1) is 7.29. The SMILES string of the molecule is C[C@H]1C[C@H](CO)CN(c2ccccc2)C1. The number of benzene rings is 1. The van der Waals surface area contributed by atoms with Crippen molar-refractivity contribution in [1.82, 2.24) is 0 Å². The van der Waals surface area contributed by atoms with Crippen molar-refractivity contribution in [3.05, 3.63) is 30.3 Å². The molecule has 1 heterocycles. The molecule has 1 N–H and O–H groups in total. The van der Waals surface area contributed by atoms with Crippen molar-refractivity contribution in [2.24, 2.45) is 11.8 Å². The molecule has 15 heavy (non-hydrogen) atoms. The summed E-state index contributed by atoms with van der Waals surface area (Å²) in [6, 6.07) is 10.5. The first-order valence-corrected chi connectivity index (χ1v) is 5.70. The van der Waals surface area contributed by atoms with Crippen molar-refractivity contribution in [3.8, 4) is 0 Å². The van der Waals surface area contributed by atoms with Gasteiger partial charge in [-0.05, 0) is 30.4 Å². The summed E-state index contributed by atoms with van der Waals surface area (Å²) in [4.78, 5) is 2.38. The van der Waals surface area contributed by atoms with Crippen molar-refractivity contribution in [2.45, 2.75) is 13.3 Å². The van der Waals surface area contributed by atoms with E-state index in [0.717, 1.165) is 19.5 Å². The van der Waals surface area contributed by atoms with E-state index in [1.54, 1.807) is 0 Å². The van der Waals surface area contributed by atoms with Crippen LogP contribution in [0.25, 0.3) is 0 Å². The second-order valence-electron chi connectivity index (χ2n) is 4.63. The fourth-order valence-electron chi connectivity index (χ4n) is 2.46. The second kappa shape index (κ2) is 4.67. The first kappa shape index (κ1) is 10.5. The summed E-state index contributed by atoms with van der Waals surface area (Å²) < 4.78 is 0. The minimum atomic E-state index is 0.313. The van der Waals surface area contributed by atoms with Crippen LogP contribution in [-0.4, -0.2) is 24.8 Å². The van der Waals surface area contributed by atoms with Gasteiger partial charge in [-0.25, -0.2) is 0 Å². The van der Waals surface area contributed by atoms with Crippen LogP contribution in [0.2, 0.25) is 0 Å². The zero-order valence-corrected chi connectivity index (χ0v) is 9.26. The maximum atomic E-state index is 9.25. The van der Waals surface area contributed by atoms with Crippen LogP contribution in [0.1, 0.15) is 13.3 Å². The van der Waals surface area contributed by atoms with Gasteiger partial charge >= 0.3 is 0 Å². The summed E-state index contributed by atoms with van der Waals surface area (Å²) >= 11 is 0. The zero-order chi connectivity index (χ0) is 10.7. The fraction of sp³-hybridized carbons (Fsp3) is 0.538. The van der Waals surface area contributed by atoms with E-state index in [1.807, 2.05) is 6.07 Å². The molecule has 0 aliphatic carbocycles. The molecule has 1 aromatic carbocycles. The molecule has 0 unspecified atom stereocenters. The van der Waals surface area contributed by atoms with E-state index in [2.05, 4.69) is 36.1 Å². The molecule has 1 aliphatic rings. The summed E-state index contributed by atoms with van der Waals surface area (Å²) in [7, 11) is 0. The van der Waals surface area contributed by atoms with E-state index in [4.69, 9.17) is 0 Å². The predicted octanol–water partition coefficient (Wildman–Crippen LogP) is 2.14. The highest BCUT2D eigenvalue weighted by Gasteiger charge is 2.23. The predicted molar refractivity (Wildman–Crippen MR) is 63.0 cm³/mol. The van der Waals surface area contributed by atoms with E-state index in [9.17, 15) is 5.11 Å². The Balaban J connectivity index is 2.09. The van der Waals surface area contributed by atoms with Crippen LogP contribution in [-0.2, 0) is 0 Å². The maximum absolute atomic E-state index is 9.25. The molecule has 1 saturated heterocycles. The van der Waals surface area contributed by atoms with E-state index in [-0.39, 0.29) is 0 Å². The van der Waals surface area contributed by atoms with Crippen LogP contribution in [0.5, 0.6) is 0 Å². The molecule has 0 radical (unpaired) electrons. The smallest absolute Gasteiger partial charge is 0.0476 e. The van der Waals surface area contributed by atoms with Gasteiger partial charge in [0.25, 0.3) is 0 Å². The van der Waals surface area contributed by atoms with Crippen LogP contribution >= 0.6 is 0 Å². The Kier molecular flexibility index (Phi) is 3.27. The zero-order valence-electron chi connectivity index (χ0n) is 9.26. The fourth-order valence-corrected chi connectivity index (χ4v) is 2.46. The molecule has 2 atom stereocenters. The van der Waals surface area contributed by atoms with Crippen LogP contribution in [0.4, 0.5) is 5.69 Å². The van der Waals surface area contributed by atoms with Crippen LogP contribution in [0.15, 0.2) is 30.3 Å². The third-order valence-electron chi connectivity index (χ3n) is 3.13. The van der Waals surface area contributed by atoms with Crippen LogP contribution < -0.4 is 4.90 Å². The highest BCUT2D eigenvalue weighted by molar-refractivity contribution is 5.46. The molecule has 1 aromatic rings. The first-order valence-electron chi connectivity index (χ1n) is 5.70. The third kappa shape index (κ3) is 2.51. The van der Waals surface area contributed by atoms with Crippen molar-refractivity contribution in [3.63, 3.8) is 0 Å². The Bertz CT molecular complexity index is 299. The number of para-hydroxylation sites is 1. The summed E-state index contributed by atoms with van der Waals surface area (Å²) in [5.74, 6) is 1.12. The van der Waals surface area contributed by atoms with Gasteiger partial charge < -0.3 is 10.0 Å². The summed E-state index contributed by atoms with van der Waals surface area (Å²) in [5.41, 5.74) is 1.28. The summed E-state index contributed by atoms with van der Waals surface area (Å²) in [6.45, 7) is 4.68. The molecule has 0 aromatic heterocycles. The molecule has 2 rings (SSSR count). The number of aliphatic hydroxyl groups is 1. The van der Waals surface area contributed by atoms with Gasteiger partial charge in [0.1, 0.15) is 0 Å². The lowest BCUT2D eigenvalue weighted by molar-refractivity contribution is 0.189. The van der Waals surface area contributed by atoms with Crippen LogP contribution in [0, 0.1) is 11.8 Å². The number of anilines is 1. The van der Waals surface area contributed by atoms with E-state index in [0.29, 0.717) is 18.4 Å². The molecular formula is C13H19NO.